The summed E-state index contributed by atoms with van der Waals surface area (Å²) >= 11 is 0. The molecule has 0 aliphatic rings. The van der Waals surface area contributed by atoms with Crippen LogP contribution in [0.1, 0.15) is 18.5 Å². The van der Waals surface area contributed by atoms with E-state index in [1.54, 1.807) is 6.07 Å². The van der Waals surface area contributed by atoms with Crippen molar-refractivity contribution in [3.63, 3.8) is 0 Å². The van der Waals surface area contributed by atoms with Crippen LogP contribution in [-0.4, -0.2) is 21.0 Å². The molecule has 0 spiro atoms. The summed E-state index contributed by atoms with van der Waals surface area (Å²) < 4.78 is 0.894. The number of aromatic nitrogens is 2. The average Bonchev–Trinajstić information content (AvgIpc) is 2.53. The van der Waals surface area contributed by atoms with Crippen molar-refractivity contribution >= 4 is 6.09 Å². The van der Waals surface area contributed by atoms with Crippen LogP contribution in [0.2, 0.25) is 0 Å². The first-order chi connectivity index (χ1) is 6.24. The van der Waals surface area contributed by atoms with Crippen molar-refractivity contribution in [1.82, 2.24) is 9.78 Å². The summed E-state index contributed by atoms with van der Waals surface area (Å²) in [5, 5.41) is 12.4. The Morgan fingerprint density at radius 2 is 2.54 bits per heavy atom. The quantitative estimate of drug-likeness (QED) is 0.561. The van der Waals surface area contributed by atoms with Gasteiger partial charge in [-0.1, -0.05) is 0 Å². The molecule has 0 saturated carbocycles. The van der Waals surface area contributed by atoms with Crippen LogP contribution < -0.4 is 0 Å². The molecule has 13 heavy (non-hydrogen) atoms. The van der Waals surface area contributed by atoms with Crippen molar-refractivity contribution in [3.05, 3.63) is 18.0 Å². The molecule has 0 bridgehead atoms. The summed E-state index contributed by atoms with van der Waals surface area (Å²) in [5.41, 5.74) is 0.762. The zero-order valence-electron chi connectivity index (χ0n) is 7.10. The number of rotatable bonds is 3. The summed E-state index contributed by atoms with van der Waals surface area (Å²) in [6, 6.07) is 1.69. The lowest BCUT2D eigenvalue weighted by Crippen LogP contribution is -2.08. The van der Waals surface area contributed by atoms with E-state index in [-0.39, 0.29) is 0 Å². The van der Waals surface area contributed by atoms with Crippen molar-refractivity contribution in [3.8, 4) is 12.3 Å². The molecule has 1 rings (SSSR count). The Balaban J connectivity index is 2.50. The molecule has 0 aliphatic carbocycles. The van der Waals surface area contributed by atoms with Crippen molar-refractivity contribution in [1.29, 1.82) is 0 Å². The number of nitrogens with zero attached hydrogens (tertiary/aromatic N) is 2. The predicted octanol–water partition coefficient (Wildman–Crippen LogP) is 1.37. The average molecular weight is 178 g/mol. The molecule has 0 fully saturated rings. The van der Waals surface area contributed by atoms with Gasteiger partial charge < -0.3 is 5.11 Å². The van der Waals surface area contributed by atoms with Crippen molar-refractivity contribution in [2.45, 2.75) is 19.3 Å². The van der Waals surface area contributed by atoms with E-state index in [1.165, 1.54) is 6.20 Å². The van der Waals surface area contributed by atoms with E-state index < -0.39 is 6.09 Å². The first-order valence-electron chi connectivity index (χ1n) is 3.95. The third-order valence-corrected chi connectivity index (χ3v) is 1.59. The van der Waals surface area contributed by atoms with E-state index in [4.69, 9.17) is 11.5 Å². The molecule has 0 radical (unpaired) electrons. The summed E-state index contributed by atoms with van der Waals surface area (Å²) in [6.45, 7) is 0. The Bertz CT molecular complexity index is 336. The minimum Gasteiger partial charge on any atom is -0.463 e. The van der Waals surface area contributed by atoms with Gasteiger partial charge in [0, 0.05) is 12.6 Å². The van der Waals surface area contributed by atoms with Gasteiger partial charge in [0.2, 0.25) is 0 Å². The summed E-state index contributed by atoms with van der Waals surface area (Å²) in [4.78, 5) is 10.4. The Kier molecular flexibility index (Phi) is 3.09. The molecule has 0 amide bonds. The van der Waals surface area contributed by atoms with E-state index >= 15 is 0 Å². The summed E-state index contributed by atoms with van der Waals surface area (Å²) in [6.07, 6.45) is 7.70. The van der Waals surface area contributed by atoms with Crippen molar-refractivity contribution < 1.29 is 9.90 Å². The van der Waals surface area contributed by atoms with Gasteiger partial charge in [0.05, 0.1) is 5.69 Å². The van der Waals surface area contributed by atoms with Gasteiger partial charge in [-0.2, -0.15) is 9.78 Å². The number of hydrogen-bond donors (Lipinski definition) is 1. The second-order valence-electron chi connectivity index (χ2n) is 2.59. The highest BCUT2D eigenvalue weighted by atomic mass is 16.4. The largest absolute Gasteiger partial charge is 0.463 e. The molecular formula is C9H10N2O2. The van der Waals surface area contributed by atoms with E-state index in [9.17, 15) is 4.79 Å². The van der Waals surface area contributed by atoms with Crippen LogP contribution in [0.15, 0.2) is 12.3 Å². The fourth-order valence-electron chi connectivity index (χ4n) is 0.973. The molecule has 68 valence electrons. The maximum absolute atomic E-state index is 10.4. The molecule has 0 unspecified atom stereocenters. The Morgan fingerprint density at radius 1 is 1.77 bits per heavy atom. The summed E-state index contributed by atoms with van der Waals surface area (Å²) in [5.74, 6) is 2.52. The minimum absolute atomic E-state index is 0.694. The third-order valence-electron chi connectivity index (χ3n) is 1.59. The maximum atomic E-state index is 10.4. The number of carboxylic acid groups (broad SMARTS) is 1. The second-order valence-corrected chi connectivity index (χ2v) is 2.59. The van der Waals surface area contributed by atoms with Crippen LogP contribution in [0, 0.1) is 12.3 Å². The Labute approximate surface area is 76.2 Å². The fourth-order valence-corrected chi connectivity index (χ4v) is 0.973. The van der Waals surface area contributed by atoms with E-state index in [1.807, 2.05) is 0 Å². The van der Waals surface area contributed by atoms with Crippen molar-refractivity contribution in [2.75, 3.05) is 0 Å². The van der Waals surface area contributed by atoms with Gasteiger partial charge in [-0.05, 0) is 18.9 Å². The first kappa shape index (κ1) is 9.33. The van der Waals surface area contributed by atoms with Gasteiger partial charge in [0.1, 0.15) is 0 Å². The maximum Gasteiger partial charge on any atom is 0.432 e. The highest BCUT2D eigenvalue weighted by Gasteiger charge is 2.03. The van der Waals surface area contributed by atoms with Gasteiger partial charge in [-0.15, -0.1) is 12.3 Å². The van der Waals surface area contributed by atoms with Gasteiger partial charge in [0.25, 0.3) is 0 Å². The molecule has 0 aromatic carbocycles. The lowest BCUT2D eigenvalue weighted by molar-refractivity contribution is 0.192. The normalized spacial score (nSPS) is 9.46. The van der Waals surface area contributed by atoms with E-state index in [0.717, 1.165) is 23.2 Å². The smallest absolute Gasteiger partial charge is 0.432 e. The second kappa shape index (κ2) is 4.31. The Hall–Kier alpha value is -1.76. The topological polar surface area (TPSA) is 55.1 Å². The minimum atomic E-state index is -1.07. The SMILES string of the molecule is C#CCCCc1ccn(C(=O)O)n1. The predicted molar refractivity (Wildman–Crippen MR) is 47.4 cm³/mol. The molecule has 0 saturated heterocycles. The first-order valence-corrected chi connectivity index (χ1v) is 3.95. The van der Waals surface area contributed by atoms with Gasteiger partial charge >= 0.3 is 6.09 Å². The third kappa shape index (κ3) is 2.64. The van der Waals surface area contributed by atoms with Gasteiger partial charge in [-0.3, -0.25) is 0 Å². The number of unbranched alkanes of at least 4 members (excludes halogenated alkanes) is 1. The van der Waals surface area contributed by atoms with Crippen molar-refractivity contribution in [2.24, 2.45) is 0 Å². The molecule has 1 heterocycles. The fraction of sp³-hybridized carbons (Fsp3) is 0.333. The molecule has 1 N–H and O–H groups in total. The van der Waals surface area contributed by atoms with Crippen LogP contribution in [0.25, 0.3) is 0 Å². The standard InChI is InChI=1S/C9H10N2O2/c1-2-3-4-5-8-6-7-11(10-8)9(12)13/h1,6-7H,3-5H2,(H,12,13). The molecule has 0 atom stereocenters. The summed E-state index contributed by atoms with van der Waals surface area (Å²) in [7, 11) is 0. The molecular weight excluding hydrogens is 168 g/mol. The molecule has 1 aromatic heterocycles. The molecule has 0 aliphatic heterocycles. The lowest BCUT2D eigenvalue weighted by Gasteiger charge is -1.92. The van der Waals surface area contributed by atoms with Crippen LogP contribution >= 0.6 is 0 Å². The zero-order chi connectivity index (χ0) is 9.68. The number of terminal acetylenes is 1. The van der Waals surface area contributed by atoms with Crippen LogP contribution in [0.3, 0.4) is 0 Å². The van der Waals surface area contributed by atoms with E-state index in [0.29, 0.717) is 6.42 Å². The number of aryl methyl sites for hydroxylation is 1. The number of hydrogen-bond acceptors (Lipinski definition) is 2. The van der Waals surface area contributed by atoms with Crippen LogP contribution in [0.5, 0.6) is 0 Å². The molecule has 4 nitrogen and oxygen atoms in total. The van der Waals surface area contributed by atoms with E-state index in [2.05, 4.69) is 11.0 Å². The highest BCUT2D eigenvalue weighted by Crippen LogP contribution is 2.01. The van der Waals surface area contributed by atoms with Crippen LogP contribution in [-0.2, 0) is 6.42 Å². The Morgan fingerprint density at radius 3 is 3.08 bits per heavy atom. The lowest BCUT2D eigenvalue weighted by atomic mass is 10.2. The van der Waals surface area contributed by atoms with Gasteiger partial charge in [-0.25, -0.2) is 4.79 Å². The zero-order valence-corrected chi connectivity index (χ0v) is 7.10. The molecule has 1 aromatic rings. The molecule has 4 heteroatoms. The van der Waals surface area contributed by atoms with Gasteiger partial charge in [0.15, 0.2) is 0 Å². The number of carbonyl (C=O) groups is 1. The van der Waals surface area contributed by atoms with Crippen LogP contribution in [0.4, 0.5) is 4.79 Å². The highest BCUT2D eigenvalue weighted by molar-refractivity contribution is 5.66. The monoisotopic (exact) mass is 178 g/mol.